The Morgan fingerprint density at radius 2 is 1.95 bits per heavy atom. The number of nitro benzene ring substituents is 1. The van der Waals surface area contributed by atoms with Crippen molar-refractivity contribution in [2.45, 2.75) is 31.1 Å². The largest absolute Gasteiger partial charge is 0.502 e. The van der Waals surface area contributed by atoms with Gasteiger partial charge in [0.15, 0.2) is 5.75 Å². The normalized spacial score (nSPS) is 17.3. The molecule has 0 radical (unpaired) electrons. The van der Waals surface area contributed by atoms with Crippen molar-refractivity contribution in [2.24, 2.45) is 0 Å². The summed E-state index contributed by atoms with van der Waals surface area (Å²) < 4.78 is 13.4. The van der Waals surface area contributed by atoms with Gasteiger partial charge >= 0.3 is 11.7 Å². The lowest BCUT2D eigenvalue weighted by molar-refractivity contribution is -0.386. The molecule has 102 valence electrons. The van der Waals surface area contributed by atoms with Crippen molar-refractivity contribution >= 4 is 11.7 Å². The monoisotopic (exact) mass is 269 g/mol. The van der Waals surface area contributed by atoms with E-state index < -0.39 is 33.6 Å². The molecule has 0 amide bonds. The first-order valence-electron chi connectivity index (χ1n) is 5.79. The number of hydrogen-bond acceptors (Lipinski definition) is 4. The molecule has 2 rings (SSSR count). The quantitative estimate of drug-likeness (QED) is 0.647. The number of nitrogens with zero attached hydrogens (tertiary/aromatic N) is 1. The maximum absolute atomic E-state index is 13.4. The van der Waals surface area contributed by atoms with E-state index in [9.17, 15) is 29.5 Å². The van der Waals surface area contributed by atoms with E-state index in [2.05, 4.69) is 0 Å². The van der Waals surface area contributed by atoms with Crippen LogP contribution in [0.15, 0.2) is 12.1 Å². The smallest absolute Gasteiger partial charge is 0.314 e. The Morgan fingerprint density at radius 3 is 2.42 bits per heavy atom. The SMILES string of the molecule is O=C(O)C1(c2cc(F)cc([N+](=O)[O-])c2O)CCCC1. The molecule has 2 N–H and O–H groups in total. The van der Waals surface area contributed by atoms with Gasteiger partial charge in [-0.2, -0.15) is 0 Å². The Labute approximate surface area is 107 Å². The number of phenols is 1. The lowest BCUT2D eigenvalue weighted by atomic mass is 9.78. The van der Waals surface area contributed by atoms with Crippen molar-refractivity contribution in [3.8, 4) is 5.75 Å². The van der Waals surface area contributed by atoms with Gasteiger partial charge in [0.1, 0.15) is 5.82 Å². The third kappa shape index (κ3) is 2.00. The first-order chi connectivity index (χ1) is 8.88. The number of halogens is 1. The van der Waals surface area contributed by atoms with Gasteiger partial charge in [-0.15, -0.1) is 0 Å². The highest BCUT2D eigenvalue weighted by Crippen LogP contribution is 2.47. The maximum Gasteiger partial charge on any atom is 0.314 e. The number of benzene rings is 1. The summed E-state index contributed by atoms with van der Waals surface area (Å²) in [6.45, 7) is 0. The van der Waals surface area contributed by atoms with Crippen molar-refractivity contribution in [1.29, 1.82) is 0 Å². The summed E-state index contributed by atoms with van der Waals surface area (Å²) in [6.07, 6.45) is 1.71. The molecule has 0 aliphatic heterocycles. The second-order valence-corrected chi connectivity index (χ2v) is 4.67. The van der Waals surface area contributed by atoms with Gasteiger partial charge in [-0.05, 0) is 18.9 Å². The molecule has 0 unspecified atom stereocenters. The van der Waals surface area contributed by atoms with E-state index in [0.29, 0.717) is 18.9 Å². The van der Waals surface area contributed by atoms with Crippen LogP contribution in [0.3, 0.4) is 0 Å². The van der Waals surface area contributed by atoms with Crippen LogP contribution in [-0.4, -0.2) is 21.1 Å². The second kappa shape index (κ2) is 4.49. The van der Waals surface area contributed by atoms with Gasteiger partial charge in [-0.3, -0.25) is 14.9 Å². The number of carbonyl (C=O) groups is 1. The van der Waals surface area contributed by atoms with Crippen molar-refractivity contribution < 1.29 is 24.3 Å². The minimum Gasteiger partial charge on any atom is -0.502 e. The van der Waals surface area contributed by atoms with E-state index in [1.165, 1.54) is 0 Å². The first kappa shape index (κ1) is 13.3. The first-order valence-corrected chi connectivity index (χ1v) is 5.79. The highest BCUT2D eigenvalue weighted by atomic mass is 19.1. The Bertz CT molecular complexity index is 551. The van der Waals surface area contributed by atoms with E-state index in [1.807, 2.05) is 0 Å². The summed E-state index contributed by atoms with van der Waals surface area (Å²) in [5.41, 5.74) is -2.44. The molecule has 19 heavy (non-hydrogen) atoms. The average Bonchev–Trinajstić information content (AvgIpc) is 2.81. The lowest BCUT2D eigenvalue weighted by Gasteiger charge is -2.24. The van der Waals surface area contributed by atoms with E-state index in [0.717, 1.165) is 6.07 Å². The summed E-state index contributed by atoms with van der Waals surface area (Å²) in [5, 5.41) is 30.0. The number of rotatable bonds is 3. The second-order valence-electron chi connectivity index (χ2n) is 4.67. The third-order valence-corrected chi connectivity index (χ3v) is 3.63. The van der Waals surface area contributed by atoms with E-state index in [-0.39, 0.29) is 18.4 Å². The number of hydrogen-bond donors (Lipinski definition) is 2. The van der Waals surface area contributed by atoms with Crippen molar-refractivity contribution in [1.82, 2.24) is 0 Å². The van der Waals surface area contributed by atoms with Crippen LogP contribution in [0.25, 0.3) is 0 Å². The fourth-order valence-electron chi connectivity index (χ4n) is 2.67. The van der Waals surface area contributed by atoms with E-state index >= 15 is 0 Å². The molecule has 0 spiro atoms. The molecule has 0 heterocycles. The third-order valence-electron chi connectivity index (χ3n) is 3.63. The summed E-state index contributed by atoms with van der Waals surface area (Å²) in [4.78, 5) is 21.3. The topological polar surface area (TPSA) is 101 Å². The summed E-state index contributed by atoms with van der Waals surface area (Å²) in [7, 11) is 0. The van der Waals surface area contributed by atoms with Crippen LogP contribution < -0.4 is 0 Å². The average molecular weight is 269 g/mol. The molecule has 0 saturated heterocycles. The molecule has 0 atom stereocenters. The minimum absolute atomic E-state index is 0.204. The van der Waals surface area contributed by atoms with Gasteiger partial charge < -0.3 is 10.2 Å². The Morgan fingerprint density at radius 1 is 1.37 bits per heavy atom. The standard InChI is InChI=1S/C12H12FNO5/c13-7-5-8(10(15)9(6-7)14(18)19)12(11(16)17)3-1-2-4-12/h5-6,15H,1-4H2,(H,16,17). The number of nitro groups is 1. The predicted octanol–water partition coefficient (Wildman–Crippen LogP) is 2.34. The number of aromatic hydroxyl groups is 1. The number of carboxylic acid groups (broad SMARTS) is 1. The van der Waals surface area contributed by atoms with Gasteiger partial charge in [-0.25, -0.2) is 4.39 Å². The van der Waals surface area contributed by atoms with E-state index in [4.69, 9.17) is 0 Å². The number of aliphatic carboxylic acids is 1. The van der Waals surface area contributed by atoms with Crippen LogP contribution in [-0.2, 0) is 10.2 Å². The molecule has 0 aromatic heterocycles. The van der Waals surface area contributed by atoms with Gasteiger partial charge in [0.05, 0.1) is 16.4 Å². The van der Waals surface area contributed by atoms with Crippen molar-refractivity contribution in [2.75, 3.05) is 0 Å². The molecule has 1 aromatic rings. The fraction of sp³-hybridized carbons (Fsp3) is 0.417. The number of carboxylic acids is 1. The van der Waals surface area contributed by atoms with Crippen LogP contribution >= 0.6 is 0 Å². The predicted molar refractivity (Wildman–Crippen MR) is 62.5 cm³/mol. The summed E-state index contributed by atoms with van der Waals surface area (Å²) in [6, 6.07) is 1.46. The molecule has 1 aliphatic rings. The van der Waals surface area contributed by atoms with Gasteiger partial charge in [0.2, 0.25) is 0 Å². The molecule has 6 nitrogen and oxygen atoms in total. The van der Waals surface area contributed by atoms with Crippen LogP contribution in [0.2, 0.25) is 0 Å². The Kier molecular flexibility index (Phi) is 3.13. The molecule has 1 aliphatic carbocycles. The molecule has 1 aromatic carbocycles. The highest BCUT2D eigenvalue weighted by Gasteiger charge is 2.46. The fourth-order valence-corrected chi connectivity index (χ4v) is 2.67. The molecule has 0 bridgehead atoms. The summed E-state index contributed by atoms with van der Waals surface area (Å²) >= 11 is 0. The maximum atomic E-state index is 13.4. The van der Waals surface area contributed by atoms with Gasteiger partial charge in [-0.1, -0.05) is 12.8 Å². The zero-order valence-corrected chi connectivity index (χ0v) is 9.93. The Hall–Kier alpha value is -2.18. The molecule has 7 heteroatoms. The summed E-state index contributed by atoms with van der Waals surface area (Å²) in [5.74, 6) is -2.87. The minimum atomic E-state index is -1.43. The van der Waals surface area contributed by atoms with Crippen molar-refractivity contribution in [3.63, 3.8) is 0 Å². The zero-order chi connectivity index (χ0) is 14.2. The molecule has 1 saturated carbocycles. The van der Waals surface area contributed by atoms with Crippen LogP contribution in [0.1, 0.15) is 31.2 Å². The molecule has 1 fully saturated rings. The van der Waals surface area contributed by atoms with Crippen LogP contribution in [0.4, 0.5) is 10.1 Å². The number of phenolic OH excluding ortho intramolecular Hbond substituents is 1. The Balaban J connectivity index is 2.67. The van der Waals surface area contributed by atoms with Crippen molar-refractivity contribution in [3.05, 3.63) is 33.6 Å². The highest BCUT2D eigenvalue weighted by molar-refractivity contribution is 5.83. The zero-order valence-electron chi connectivity index (χ0n) is 9.93. The molecular weight excluding hydrogens is 257 g/mol. The van der Waals surface area contributed by atoms with Crippen LogP contribution in [0, 0.1) is 15.9 Å². The van der Waals surface area contributed by atoms with Gasteiger partial charge in [0, 0.05) is 5.56 Å². The molecular formula is C12H12FNO5. The van der Waals surface area contributed by atoms with Crippen LogP contribution in [0.5, 0.6) is 5.75 Å². The van der Waals surface area contributed by atoms with E-state index in [1.54, 1.807) is 0 Å². The van der Waals surface area contributed by atoms with Gasteiger partial charge in [0.25, 0.3) is 0 Å². The lowest BCUT2D eigenvalue weighted by Crippen LogP contribution is -2.32.